The lowest BCUT2D eigenvalue weighted by molar-refractivity contribution is -0.450. The molecule has 0 spiro atoms. The summed E-state index contributed by atoms with van der Waals surface area (Å²) in [6.45, 7) is 0. The van der Waals surface area contributed by atoms with Gasteiger partial charge in [0.15, 0.2) is 0 Å². The van der Waals surface area contributed by atoms with E-state index in [2.05, 4.69) is 0 Å². The Labute approximate surface area is 55.0 Å². The smallest absolute Gasteiger partial charge is 0.311 e. The maximum absolute atomic E-state index is 8.22. The molecule has 0 unspecified atom stereocenters. The second kappa shape index (κ2) is 2.40. The standard InChI is InChI=1S/C3H8O7/c4-1(2(5,6)7)3(8,9)10/h1,4-10H. The van der Waals surface area contributed by atoms with Crippen molar-refractivity contribution in [2.24, 2.45) is 0 Å². The van der Waals surface area contributed by atoms with Crippen molar-refractivity contribution in [2.75, 3.05) is 0 Å². The van der Waals surface area contributed by atoms with Crippen LogP contribution in [0.5, 0.6) is 0 Å². The largest absolute Gasteiger partial charge is 0.378 e. The van der Waals surface area contributed by atoms with Crippen LogP contribution in [0.25, 0.3) is 0 Å². The van der Waals surface area contributed by atoms with Crippen molar-refractivity contribution in [2.45, 2.75) is 18.1 Å². The molecule has 0 heterocycles. The van der Waals surface area contributed by atoms with Gasteiger partial charge in [0.2, 0.25) is 6.10 Å². The van der Waals surface area contributed by atoms with Crippen LogP contribution in [-0.4, -0.2) is 53.8 Å². The fraction of sp³-hybridized carbons (Fsp3) is 1.00. The van der Waals surface area contributed by atoms with Gasteiger partial charge in [-0.25, -0.2) is 0 Å². The third kappa shape index (κ3) is 2.54. The highest BCUT2D eigenvalue weighted by molar-refractivity contribution is 4.69. The molecule has 7 nitrogen and oxygen atoms in total. The van der Waals surface area contributed by atoms with Crippen LogP contribution < -0.4 is 0 Å². The predicted octanol–water partition coefficient (Wildman–Crippen LogP) is -4.39. The molecule has 0 fully saturated rings. The Morgan fingerprint density at radius 1 is 0.700 bits per heavy atom. The number of hydrogen-bond donors (Lipinski definition) is 7. The Hall–Kier alpha value is -0.280. The van der Waals surface area contributed by atoms with Crippen LogP contribution in [0.2, 0.25) is 0 Å². The highest BCUT2D eigenvalue weighted by Gasteiger charge is 2.45. The van der Waals surface area contributed by atoms with Gasteiger partial charge in [0.25, 0.3) is 0 Å². The van der Waals surface area contributed by atoms with Gasteiger partial charge in [-0.15, -0.1) is 0 Å². The SMILES string of the molecule is OC(C(O)(O)O)C(O)(O)O. The van der Waals surface area contributed by atoms with E-state index in [4.69, 9.17) is 35.7 Å². The summed E-state index contributed by atoms with van der Waals surface area (Å²) in [4.78, 5) is 0. The maximum Gasteiger partial charge on any atom is 0.311 e. The summed E-state index contributed by atoms with van der Waals surface area (Å²) in [6.07, 6.45) is -2.90. The highest BCUT2D eigenvalue weighted by atomic mass is 16.7. The van der Waals surface area contributed by atoms with Crippen LogP contribution in [0.3, 0.4) is 0 Å². The number of rotatable bonds is 2. The summed E-state index contributed by atoms with van der Waals surface area (Å²) < 4.78 is 0. The van der Waals surface area contributed by atoms with Crippen molar-refractivity contribution in [3.05, 3.63) is 0 Å². The van der Waals surface area contributed by atoms with Crippen LogP contribution in [0.1, 0.15) is 0 Å². The van der Waals surface area contributed by atoms with Gasteiger partial charge >= 0.3 is 11.9 Å². The average molecular weight is 156 g/mol. The summed E-state index contributed by atoms with van der Waals surface area (Å²) in [7, 11) is 0. The first kappa shape index (κ1) is 9.72. The van der Waals surface area contributed by atoms with E-state index in [9.17, 15) is 0 Å². The number of hydrogen-bond acceptors (Lipinski definition) is 7. The molecular formula is C3H8O7. The Morgan fingerprint density at radius 3 is 0.900 bits per heavy atom. The molecule has 7 heteroatoms. The van der Waals surface area contributed by atoms with Crippen LogP contribution in [0, 0.1) is 0 Å². The summed E-state index contributed by atoms with van der Waals surface area (Å²) in [6, 6.07) is 0. The van der Waals surface area contributed by atoms with Gasteiger partial charge in [-0.05, 0) is 0 Å². The van der Waals surface area contributed by atoms with E-state index >= 15 is 0 Å². The molecule has 0 aliphatic heterocycles. The van der Waals surface area contributed by atoms with Gasteiger partial charge in [-0.2, -0.15) is 0 Å². The third-order valence-electron chi connectivity index (χ3n) is 0.734. The number of aliphatic hydroxyl groups is 7. The van der Waals surface area contributed by atoms with Crippen molar-refractivity contribution in [1.82, 2.24) is 0 Å². The van der Waals surface area contributed by atoms with Gasteiger partial charge in [0, 0.05) is 0 Å². The Balaban J connectivity index is 4.23. The molecule has 0 saturated carbocycles. The van der Waals surface area contributed by atoms with E-state index in [1.165, 1.54) is 0 Å². The van der Waals surface area contributed by atoms with E-state index in [1.54, 1.807) is 0 Å². The van der Waals surface area contributed by atoms with Crippen LogP contribution >= 0.6 is 0 Å². The average Bonchev–Trinajstić information content (AvgIpc) is 1.59. The maximum atomic E-state index is 8.22. The molecule has 7 N–H and O–H groups in total. The molecule has 0 aromatic carbocycles. The first-order valence-corrected chi connectivity index (χ1v) is 2.18. The minimum Gasteiger partial charge on any atom is -0.378 e. The molecule has 0 aliphatic rings. The summed E-state index contributed by atoms with van der Waals surface area (Å²) >= 11 is 0. The van der Waals surface area contributed by atoms with E-state index < -0.39 is 18.1 Å². The summed E-state index contributed by atoms with van der Waals surface area (Å²) in [5.41, 5.74) is 0. The zero-order valence-corrected chi connectivity index (χ0v) is 4.71. The van der Waals surface area contributed by atoms with Crippen molar-refractivity contribution in [3.8, 4) is 0 Å². The van der Waals surface area contributed by atoms with E-state index in [0.29, 0.717) is 0 Å². The molecule has 10 heavy (non-hydrogen) atoms. The summed E-state index contributed by atoms with van der Waals surface area (Å²) in [5.74, 6) is -7.50. The van der Waals surface area contributed by atoms with Crippen molar-refractivity contribution in [3.63, 3.8) is 0 Å². The van der Waals surface area contributed by atoms with Crippen LogP contribution in [-0.2, 0) is 0 Å². The zero-order chi connectivity index (χ0) is 8.58. The molecule has 0 aromatic rings. The van der Waals surface area contributed by atoms with Crippen molar-refractivity contribution < 1.29 is 35.7 Å². The fourth-order valence-electron chi connectivity index (χ4n) is 0.260. The lowest BCUT2D eigenvalue weighted by Gasteiger charge is -2.27. The molecular weight excluding hydrogens is 148 g/mol. The Morgan fingerprint density at radius 2 is 0.900 bits per heavy atom. The molecule has 0 saturated heterocycles. The lowest BCUT2D eigenvalue weighted by Crippen LogP contribution is -2.56. The first-order valence-electron chi connectivity index (χ1n) is 2.18. The van der Waals surface area contributed by atoms with Crippen LogP contribution in [0.15, 0.2) is 0 Å². The number of aliphatic hydroxyl groups excluding tert-OH is 1. The van der Waals surface area contributed by atoms with E-state index in [-0.39, 0.29) is 0 Å². The molecule has 0 rings (SSSR count). The Bertz CT molecular complexity index is 93.0. The molecule has 0 radical (unpaired) electrons. The van der Waals surface area contributed by atoms with Gasteiger partial charge in [0.05, 0.1) is 0 Å². The van der Waals surface area contributed by atoms with Gasteiger partial charge in [-0.1, -0.05) is 0 Å². The quantitative estimate of drug-likeness (QED) is 0.200. The molecule has 0 aliphatic carbocycles. The lowest BCUT2D eigenvalue weighted by atomic mass is 10.2. The minimum absolute atomic E-state index is 2.90. The molecule has 0 atom stereocenters. The third-order valence-corrected chi connectivity index (χ3v) is 0.734. The molecule has 0 aromatic heterocycles. The Kier molecular flexibility index (Phi) is 2.33. The topological polar surface area (TPSA) is 142 Å². The summed E-state index contributed by atoms with van der Waals surface area (Å²) in [5, 5.41) is 56.2. The molecule has 62 valence electrons. The van der Waals surface area contributed by atoms with Crippen molar-refractivity contribution >= 4 is 0 Å². The van der Waals surface area contributed by atoms with Gasteiger partial charge in [-0.3, -0.25) is 0 Å². The van der Waals surface area contributed by atoms with Gasteiger partial charge < -0.3 is 35.7 Å². The minimum atomic E-state index is -3.75. The normalized spacial score (nSPS) is 14.4. The first-order chi connectivity index (χ1) is 4.15. The van der Waals surface area contributed by atoms with Crippen LogP contribution in [0.4, 0.5) is 0 Å². The fourth-order valence-corrected chi connectivity index (χ4v) is 0.260. The predicted molar refractivity (Wildman–Crippen MR) is 24.8 cm³/mol. The highest BCUT2D eigenvalue weighted by Crippen LogP contribution is 2.11. The van der Waals surface area contributed by atoms with Crippen molar-refractivity contribution in [1.29, 1.82) is 0 Å². The monoisotopic (exact) mass is 156 g/mol. The zero-order valence-electron chi connectivity index (χ0n) is 4.71. The second-order valence-electron chi connectivity index (χ2n) is 1.78. The van der Waals surface area contributed by atoms with E-state index in [0.717, 1.165) is 0 Å². The van der Waals surface area contributed by atoms with Gasteiger partial charge in [0.1, 0.15) is 0 Å². The van der Waals surface area contributed by atoms with E-state index in [1.807, 2.05) is 0 Å². The second-order valence-corrected chi connectivity index (χ2v) is 1.78. The molecule has 0 bridgehead atoms. The molecule has 0 amide bonds.